The third-order valence-electron chi connectivity index (χ3n) is 1.75. The highest BCUT2D eigenvalue weighted by Gasteiger charge is 2.08. The van der Waals surface area contributed by atoms with Gasteiger partial charge in [0.25, 0.3) is 5.69 Å². The van der Waals surface area contributed by atoms with Gasteiger partial charge in [0.15, 0.2) is 5.11 Å². The van der Waals surface area contributed by atoms with Gasteiger partial charge in [-0.05, 0) is 18.3 Å². The molecule has 0 unspecified atom stereocenters. The first-order chi connectivity index (χ1) is 8.02. The average molecular weight is 254 g/mol. The topological polar surface area (TPSA) is 103 Å². The number of thiocarbonyl (C=S) groups is 1. The molecule has 0 aliphatic rings. The van der Waals surface area contributed by atoms with Crippen LogP contribution >= 0.6 is 12.2 Å². The molecule has 0 heterocycles. The lowest BCUT2D eigenvalue weighted by atomic mass is 10.2. The van der Waals surface area contributed by atoms with Crippen molar-refractivity contribution in [2.75, 3.05) is 7.11 Å². The highest BCUT2D eigenvalue weighted by Crippen LogP contribution is 2.21. The van der Waals surface area contributed by atoms with Gasteiger partial charge >= 0.3 is 0 Å². The van der Waals surface area contributed by atoms with E-state index >= 15 is 0 Å². The molecular weight excluding hydrogens is 244 g/mol. The smallest absolute Gasteiger partial charge is 0.273 e. The van der Waals surface area contributed by atoms with Gasteiger partial charge in [-0.25, -0.2) is 0 Å². The summed E-state index contributed by atoms with van der Waals surface area (Å²) in [5.74, 6) is 0.371. The van der Waals surface area contributed by atoms with Crippen LogP contribution in [0.5, 0.6) is 5.75 Å². The van der Waals surface area contributed by atoms with Gasteiger partial charge in [0.2, 0.25) is 0 Å². The van der Waals surface area contributed by atoms with E-state index in [-0.39, 0.29) is 10.8 Å². The van der Waals surface area contributed by atoms with Gasteiger partial charge in [0.05, 0.1) is 24.3 Å². The molecule has 0 fully saturated rings. The van der Waals surface area contributed by atoms with Crippen molar-refractivity contribution in [3.63, 3.8) is 0 Å². The number of hydrogen-bond donors (Lipinski definition) is 2. The number of nitro groups is 1. The lowest BCUT2D eigenvalue weighted by molar-refractivity contribution is -0.384. The molecule has 0 radical (unpaired) electrons. The molecule has 8 heteroatoms. The van der Waals surface area contributed by atoms with Crippen LogP contribution in [0.1, 0.15) is 5.56 Å². The molecular formula is C9H10N4O3S. The van der Waals surface area contributed by atoms with Crippen LogP contribution in [0.4, 0.5) is 5.69 Å². The number of hydrogen-bond acceptors (Lipinski definition) is 5. The van der Waals surface area contributed by atoms with Crippen LogP contribution in [-0.4, -0.2) is 23.4 Å². The van der Waals surface area contributed by atoms with Crippen molar-refractivity contribution < 1.29 is 9.66 Å². The van der Waals surface area contributed by atoms with Gasteiger partial charge in [-0.3, -0.25) is 15.5 Å². The Morgan fingerprint density at radius 3 is 2.88 bits per heavy atom. The molecule has 1 aromatic rings. The SMILES string of the molecule is COc1cc(C=NNC(N)=S)cc([N+](=O)[O-])c1. The Hall–Kier alpha value is -2.22. The number of nitro benzene ring substituents is 1. The molecule has 0 aromatic heterocycles. The van der Waals surface area contributed by atoms with Gasteiger partial charge < -0.3 is 10.5 Å². The largest absolute Gasteiger partial charge is 0.496 e. The Morgan fingerprint density at radius 2 is 2.35 bits per heavy atom. The van der Waals surface area contributed by atoms with Gasteiger partial charge in [-0.1, -0.05) is 0 Å². The molecule has 0 aliphatic carbocycles. The normalized spacial score (nSPS) is 10.2. The zero-order chi connectivity index (χ0) is 12.8. The molecule has 3 N–H and O–H groups in total. The number of nitrogens with zero attached hydrogens (tertiary/aromatic N) is 2. The zero-order valence-electron chi connectivity index (χ0n) is 8.91. The summed E-state index contributed by atoms with van der Waals surface area (Å²) >= 11 is 4.55. The summed E-state index contributed by atoms with van der Waals surface area (Å²) < 4.78 is 4.94. The molecule has 0 saturated heterocycles. The lowest BCUT2D eigenvalue weighted by Crippen LogP contribution is -2.23. The Morgan fingerprint density at radius 1 is 1.65 bits per heavy atom. The van der Waals surface area contributed by atoms with Gasteiger partial charge in [-0.2, -0.15) is 5.10 Å². The number of rotatable bonds is 4. The van der Waals surface area contributed by atoms with E-state index in [4.69, 9.17) is 10.5 Å². The second-order valence-electron chi connectivity index (χ2n) is 2.96. The average Bonchev–Trinajstić information content (AvgIpc) is 2.28. The van der Waals surface area contributed by atoms with Crippen LogP contribution in [0.2, 0.25) is 0 Å². The predicted octanol–water partition coefficient (Wildman–Crippen LogP) is 0.770. The van der Waals surface area contributed by atoms with Crippen LogP contribution in [0.25, 0.3) is 0 Å². The Balaban J connectivity index is 2.98. The summed E-state index contributed by atoms with van der Waals surface area (Å²) in [6.45, 7) is 0. The maximum atomic E-state index is 10.7. The van der Waals surface area contributed by atoms with E-state index in [0.717, 1.165) is 0 Å². The molecule has 0 spiro atoms. The zero-order valence-corrected chi connectivity index (χ0v) is 9.73. The first-order valence-electron chi connectivity index (χ1n) is 4.45. The van der Waals surface area contributed by atoms with Gasteiger partial charge in [-0.15, -0.1) is 0 Å². The van der Waals surface area contributed by atoms with Crippen LogP contribution in [0.3, 0.4) is 0 Å². The second kappa shape index (κ2) is 5.75. The van der Waals surface area contributed by atoms with Crippen LogP contribution in [0, 0.1) is 10.1 Å². The molecule has 90 valence electrons. The monoisotopic (exact) mass is 254 g/mol. The van der Waals surface area contributed by atoms with Crippen molar-refractivity contribution in [3.05, 3.63) is 33.9 Å². The van der Waals surface area contributed by atoms with E-state index in [2.05, 4.69) is 22.7 Å². The Labute approximate surface area is 102 Å². The summed E-state index contributed by atoms with van der Waals surface area (Å²) in [5.41, 5.74) is 7.93. The number of non-ortho nitro benzene ring substituents is 1. The molecule has 0 atom stereocenters. The van der Waals surface area contributed by atoms with E-state index in [1.54, 1.807) is 6.07 Å². The van der Waals surface area contributed by atoms with Crippen LogP contribution in [0.15, 0.2) is 23.3 Å². The number of nitrogens with one attached hydrogen (secondary N) is 1. The van der Waals surface area contributed by atoms with Crippen molar-refractivity contribution in [3.8, 4) is 5.75 Å². The maximum absolute atomic E-state index is 10.7. The number of ether oxygens (including phenoxy) is 1. The van der Waals surface area contributed by atoms with E-state index in [1.807, 2.05) is 0 Å². The fraction of sp³-hybridized carbons (Fsp3) is 0.111. The van der Waals surface area contributed by atoms with E-state index in [0.29, 0.717) is 11.3 Å². The Kier molecular flexibility index (Phi) is 4.35. The second-order valence-corrected chi connectivity index (χ2v) is 3.40. The first kappa shape index (κ1) is 12.8. The molecule has 0 saturated carbocycles. The summed E-state index contributed by atoms with van der Waals surface area (Å²) in [5, 5.41) is 14.4. The van der Waals surface area contributed by atoms with Crippen molar-refractivity contribution in [1.29, 1.82) is 0 Å². The summed E-state index contributed by atoms with van der Waals surface area (Å²) in [6.07, 6.45) is 1.36. The lowest BCUT2D eigenvalue weighted by Gasteiger charge is -2.01. The van der Waals surface area contributed by atoms with E-state index in [1.165, 1.54) is 25.5 Å². The highest BCUT2D eigenvalue weighted by atomic mass is 32.1. The van der Waals surface area contributed by atoms with Crippen molar-refractivity contribution >= 4 is 29.2 Å². The van der Waals surface area contributed by atoms with E-state index in [9.17, 15) is 10.1 Å². The molecule has 1 aromatic carbocycles. The Bertz CT molecular complexity index is 475. The van der Waals surface area contributed by atoms with Gasteiger partial charge in [0, 0.05) is 11.6 Å². The highest BCUT2D eigenvalue weighted by molar-refractivity contribution is 7.80. The minimum atomic E-state index is -0.513. The summed E-state index contributed by atoms with van der Waals surface area (Å²) in [4.78, 5) is 10.1. The maximum Gasteiger partial charge on any atom is 0.273 e. The molecule has 7 nitrogen and oxygen atoms in total. The first-order valence-corrected chi connectivity index (χ1v) is 4.85. The van der Waals surface area contributed by atoms with Crippen molar-refractivity contribution in [2.24, 2.45) is 10.8 Å². The quantitative estimate of drug-likeness (QED) is 0.356. The number of hydrazone groups is 1. The minimum absolute atomic E-state index is 0.0126. The fourth-order valence-corrected chi connectivity index (χ4v) is 1.13. The molecule has 0 aliphatic heterocycles. The van der Waals surface area contributed by atoms with Crippen molar-refractivity contribution in [2.45, 2.75) is 0 Å². The summed E-state index contributed by atoms with van der Waals surface area (Å²) in [7, 11) is 1.42. The number of nitrogens with two attached hydrogens (primary N) is 1. The molecule has 0 amide bonds. The van der Waals surface area contributed by atoms with Crippen LogP contribution < -0.4 is 15.9 Å². The van der Waals surface area contributed by atoms with Crippen LogP contribution in [-0.2, 0) is 0 Å². The third kappa shape index (κ3) is 4.03. The third-order valence-corrected chi connectivity index (χ3v) is 1.84. The molecule has 0 bridgehead atoms. The number of benzene rings is 1. The van der Waals surface area contributed by atoms with Gasteiger partial charge in [0.1, 0.15) is 5.75 Å². The predicted molar refractivity (Wildman–Crippen MR) is 67.2 cm³/mol. The fourth-order valence-electron chi connectivity index (χ4n) is 1.07. The van der Waals surface area contributed by atoms with Crippen molar-refractivity contribution in [1.82, 2.24) is 5.43 Å². The number of methoxy groups -OCH3 is 1. The van der Waals surface area contributed by atoms with E-state index < -0.39 is 4.92 Å². The molecule has 17 heavy (non-hydrogen) atoms. The summed E-state index contributed by atoms with van der Waals surface area (Å²) in [6, 6.07) is 4.27. The standard InChI is InChI=1S/C9H10N4O3S/c1-16-8-3-6(5-11-12-9(10)17)2-7(4-8)13(14)15/h2-5H,1H3,(H3,10,12,17). The molecule has 1 rings (SSSR count). The minimum Gasteiger partial charge on any atom is -0.496 e.